The lowest BCUT2D eigenvalue weighted by atomic mass is 10.2. The Morgan fingerprint density at radius 3 is 2.52 bits per heavy atom. The SMILES string of the molecule is CN(C)c1ccc(Nc2cnnc(N3CCN(C(=O)c4ccco4)CC3)n2)cc1. The van der Waals surface area contributed by atoms with E-state index in [4.69, 9.17) is 4.42 Å². The molecule has 3 aromatic rings. The van der Waals surface area contributed by atoms with Gasteiger partial charge in [0.1, 0.15) is 0 Å². The number of hydrogen-bond acceptors (Lipinski definition) is 8. The van der Waals surface area contributed by atoms with E-state index < -0.39 is 0 Å². The first kappa shape index (κ1) is 18.7. The van der Waals surface area contributed by atoms with Crippen LogP contribution in [0.15, 0.2) is 53.3 Å². The van der Waals surface area contributed by atoms with Gasteiger partial charge in [-0.2, -0.15) is 10.1 Å². The minimum atomic E-state index is -0.0923. The topological polar surface area (TPSA) is 90.6 Å². The molecule has 9 nitrogen and oxygen atoms in total. The van der Waals surface area contributed by atoms with Gasteiger partial charge in [-0.3, -0.25) is 4.79 Å². The van der Waals surface area contributed by atoms with Gasteiger partial charge in [-0.05, 0) is 36.4 Å². The van der Waals surface area contributed by atoms with Gasteiger partial charge < -0.3 is 24.4 Å². The summed E-state index contributed by atoms with van der Waals surface area (Å²) in [5.74, 6) is 1.44. The monoisotopic (exact) mass is 393 g/mol. The third kappa shape index (κ3) is 4.29. The average molecular weight is 393 g/mol. The molecule has 4 rings (SSSR count). The van der Waals surface area contributed by atoms with Crippen LogP contribution < -0.4 is 15.1 Å². The molecular formula is C20H23N7O2. The van der Waals surface area contributed by atoms with Gasteiger partial charge in [0, 0.05) is 51.6 Å². The van der Waals surface area contributed by atoms with Crippen molar-refractivity contribution in [3.05, 3.63) is 54.6 Å². The van der Waals surface area contributed by atoms with Crippen LogP contribution in [0.25, 0.3) is 0 Å². The van der Waals surface area contributed by atoms with Gasteiger partial charge in [-0.15, -0.1) is 5.10 Å². The number of furan rings is 1. The van der Waals surface area contributed by atoms with Gasteiger partial charge in [-0.25, -0.2) is 0 Å². The molecule has 3 heterocycles. The van der Waals surface area contributed by atoms with Gasteiger partial charge in [0.2, 0.25) is 5.95 Å². The van der Waals surface area contributed by atoms with E-state index in [9.17, 15) is 4.79 Å². The molecule has 9 heteroatoms. The average Bonchev–Trinajstić information content (AvgIpc) is 3.29. The van der Waals surface area contributed by atoms with E-state index >= 15 is 0 Å². The predicted octanol–water partition coefficient (Wildman–Crippen LogP) is 2.24. The third-order valence-corrected chi connectivity index (χ3v) is 4.79. The molecule has 0 spiro atoms. The molecule has 29 heavy (non-hydrogen) atoms. The largest absolute Gasteiger partial charge is 0.459 e. The number of nitrogens with one attached hydrogen (secondary N) is 1. The number of hydrogen-bond donors (Lipinski definition) is 1. The second-order valence-electron chi connectivity index (χ2n) is 6.96. The van der Waals surface area contributed by atoms with Crippen LogP contribution in [-0.2, 0) is 0 Å². The zero-order chi connectivity index (χ0) is 20.2. The van der Waals surface area contributed by atoms with Crippen molar-refractivity contribution in [2.75, 3.05) is 55.4 Å². The fourth-order valence-electron chi connectivity index (χ4n) is 3.14. The first-order valence-corrected chi connectivity index (χ1v) is 9.42. The van der Waals surface area contributed by atoms with E-state index in [2.05, 4.69) is 20.5 Å². The summed E-state index contributed by atoms with van der Waals surface area (Å²) < 4.78 is 5.20. The third-order valence-electron chi connectivity index (χ3n) is 4.79. The van der Waals surface area contributed by atoms with E-state index in [1.54, 1.807) is 23.2 Å². The first-order valence-electron chi connectivity index (χ1n) is 9.42. The normalized spacial score (nSPS) is 14.0. The van der Waals surface area contributed by atoms with Crippen LogP contribution in [0, 0.1) is 0 Å². The van der Waals surface area contributed by atoms with Gasteiger partial charge in [0.15, 0.2) is 11.6 Å². The lowest BCUT2D eigenvalue weighted by Crippen LogP contribution is -2.49. The van der Waals surface area contributed by atoms with Crippen LogP contribution in [0.4, 0.5) is 23.1 Å². The summed E-state index contributed by atoms with van der Waals surface area (Å²) in [5, 5.41) is 11.5. The Morgan fingerprint density at radius 2 is 1.86 bits per heavy atom. The Labute approximate surface area is 169 Å². The van der Waals surface area contributed by atoms with E-state index in [1.165, 1.54) is 6.26 Å². The highest BCUT2D eigenvalue weighted by molar-refractivity contribution is 5.91. The molecule has 1 saturated heterocycles. The summed E-state index contributed by atoms with van der Waals surface area (Å²) in [4.78, 5) is 22.8. The molecule has 1 amide bonds. The first-order chi connectivity index (χ1) is 14.1. The number of nitrogens with zero attached hydrogens (tertiary/aromatic N) is 6. The van der Waals surface area contributed by atoms with Crippen LogP contribution in [0.1, 0.15) is 10.6 Å². The van der Waals surface area contributed by atoms with Gasteiger partial charge in [0.25, 0.3) is 5.91 Å². The standard InChI is InChI=1S/C20H23N7O2/c1-25(2)16-7-5-15(6-8-16)22-18-14-21-24-20(23-18)27-11-9-26(10-12-27)19(28)17-4-3-13-29-17/h3-8,13-14H,9-12H2,1-2H3,(H,22,23,24). The fourth-order valence-corrected chi connectivity index (χ4v) is 3.14. The molecule has 1 aromatic carbocycles. The summed E-state index contributed by atoms with van der Waals surface area (Å²) in [5.41, 5.74) is 2.05. The minimum Gasteiger partial charge on any atom is -0.459 e. The number of carbonyl (C=O) groups excluding carboxylic acids is 1. The second kappa shape index (κ2) is 8.17. The van der Waals surface area contributed by atoms with Crippen molar-refractivity contribution in [3.63, 3.8) is 0 Å². The van der Waals surface area contributed by atoms with E-state index in [1.807, 2.05) is 48.2 Å². The summed E-state index contributed by atoms with van der Waals surface area (Å²) in [6, 6.07) is 11.5. The summed E-state index contributed by atoms with van der Waals surface area (Å²) in [6.07, 6.45) is 3.11. The molecule has 1 aliphatic heterocycles. The van der Waals surface area contributed by atoms with Crippen molar-refractivity contribution in [1.82, 2.24) is 20.1 Å². The highest BCUT2D eigenvalue weighted by Gasteiger charge is 2.25. The number of aromatic nitrogens is 3. The number of rotatable bonds is 5. The van der Waals surface area contributed by atoms with Crippen LogP contribution >= 0.6 is 0 Å². The van der Waals surface area contributed by atoms with E-state index in [-0.39, 0.29) is 5.91 Å². The van der Waals surface area contributed by atoms with Crippen LogP contribution in [0.5, 0.6) is 0 Å². The smallest absolute Gasteiger partial charge is 0.289 e. The molecule has 0 atom stereocenters. The summed E-state index contributed by atoms with van der Waals surface area (Å²) in [6.45, 7) is 2.42. The Kier molecular flexibility index (Phi) is 5.28. The molecule has 0 aliphatic carbocycles. The van der Waals surface area contributed by atoms with Crippen molar-refractivity contribution < 1.29 is 9.21 Å². The van der Waals surface area contributed by atoms with Gasteiger partial charge in [0.05, 0.1) is 12.5 Å². The van der Waals surface area contributed by atoms with Crippen molar-refractivity contribution in [2.45, 2.75) is 0 Å². The maximum atomic E-state index is 12.4. The highest BCUT2D eigenvalue weighted by atomic mass is 16.3. The van der Waals surface area contributed by atoms with Crippen LogP contribution in [0.2, 0.25) is 0 Å². The highest BCUT2D eigenvalue weighted by Crippen LogP contribution is 2.20. The number of carbonyl (C=O) groups is 1. The maximum Gasteiger partial charge on any atom is 0.289 e. The second-order valence-corrected chi connectivity index (χ2v) is 6.96. The zero-order valence-corrected chi connectivity index (χ0v) is 16.4. The Balaban J connectivity index is 1.38. The van der Waals surface area contributed by atoms with Crippen LogP contribution in [-0.4, -0.2) is 66.3 Å². The van der Waals surface area contributed by atoms with Crippen molar-refractivity contribution in [3.8, 4) is 0 Å². The molecule has 0 saturated carbocycles. The number of amides is 1. The summed E-state index contributed by atoms with van der Waals surface area (Å²) in [7, 11) is 4.01. The number of piperazine rings is 1. The maximum absolute atomic E-state index is 12.4. The van der Waals surface area contributed by atoms with Crippen molar-refractivity contribution >= 4 is 29.0 Å². The van der Waals surface area contributed by atoms with Gasteiger partial charge >= 0.3 is 0 Å². The van der Waals surface area contributed by atoms with E-state index in [0.717, 1.165) is 11.4 Å². The molecule has 2 aromatic heterocycles. The Morgan fingerprint density at radius 1 is 1.10 bits per heavy atom. The Bertz CT molecular complexity index is 949. The molecule has 0 bridgehead atoms. The number of benzene rings is 1. The molecule has 1 fully saturated rings. The molecule has 0 unspecified atom stereocenters. The lowest BCUT2D eigenvalue weighted by Gasteiger charge is -2.34. The minimum absolute atomic E-state index is 0.0923. The fraction of sp³-hybridized carbons (Fsp3) is 0.300. The van der Waals surface area contributed by atoms with Gasteiger partial charge in [-0.1, -0.05) is 0 Å². The predicted molar refractivity (Wildman–Crippen MR) is 111 cm³/mol. The van der Waals surface area contributed by atoms with Crippen molar-refractivity contribution in [1.29, 1.82) is 0 Å². The molecule has 1 aliphatic rings. The van der Waals surface area contributed by atoms with Crippen molar-refractivity contribution in [2.24, 2.45) is 0 Å². The quantitative estimate of drug-likeness (QED) is 0.706. The van der Waals surface area contributed by atoms with E-state index in [0.29, 0.717) is 43.7 Å². The zero-order valence-electron chi connectivity index (χ0n) is 16.4. The molecule has 150 valence electrons. The number of anilines is 4. The summed E-state index contributed by atoms with van der Waals surface area (Å²) >= 11 is 0. The lowest BCUT2D eigenvalue weighted by molar-refractivity contribution is 0.0714. The molecule has 1 N–H and O–H groups in total. The molecular weight excluding hydrogens is 370 g/mol. The Hall–Kier alpha value is -3.62. The molecule has 0 radical (unpaired) electrons. The van der Waals surface area contributed by atoms with Crippen LogP contribution in [0.3, 0.4) is 0 Å².